The summed E-state index contributed by atoms with van der Waals surface area (Å²) in [5.41, 5.74) is 0.673. The van der Waals surface area contributed by atoms with Gasteiger partial charge in [-0.1, -0.05) is 5.16 Å². The molecule has 3 saturated heterocycles. The van der Waals surface area contributed by atoms with Gasteiger partial charge in [-0.15, -0.1) is 0 Å². The molecule has 0 aliphatic carbocycles. The monoisotopic (exact) mass is 393 g/mol. The van der Waals surface area contributed by atoms with Crippen molar-refractivity contribution in [1.82, 2.24) is 15.0 Å². The molecule has 1 spiro atoms. The van der Waals surface area contributed by atoms with Crippen LogP contribution in [0, 0.1) is 12.8 Å². The van der Waals surface area contributed by atoms with E-state index in [0.29, 0.717) is 69.4 Å². The first-order valence-electron chi connectivity index (χ1n) is 9.74. The van der Waals surface area contributed by atoms with Crippen molar-refractivity contribution in [2.45, 2.75) is 32.0 Å². The van der Waals surface area contributed by atoms with Crippen molar-refractivity contribution in [2.75, 3.05) is 53.1 Å². The lowest BCUT2D eigenvalue weighted by Crippen LogP contribution is -2.63. The third kappa shape index (κ3) is 3.66. The van der Waals surface area contributed by atoms with Gasteiger partial charge in [-0.05, 0) is 19.3 Å². The first kappa shape index (κ1) is 19.4. The minimum atomic E-state index is -0.328. The highest BCUT2D eigenvalue weighted by molar-refractivity contribution is 5.94. The summed E-state index contributed by atoms with van der Waals surface area (Å²) in [4.78, 5) is 28.8. The first-order chi connectivity index (χ1) is 13.5. The summed E-state index contributed by atoms with van der Waals surface area (Å²) in [6.07, 6.45) is 1.30. The minimum absolute atomic E-state index is 0.161. The van der Waals surface area contributed by atoms with E-state index in [1.807, 2.05) is 4.90 Å². The lowest BCUT2D eigenvalue weighted by Gasteiger charge is -2.46. The zero-order chi connectivity index (χ0) is 19.7. The molecule has 0 aromatic carbocycles. The van der Waals surface area contributed by atoms with E-state index in [4.69, 9.17) is 18.7 Å². The van der Waals surface area contributed by atoms with Gasteiger partial charge in [-0.3, -0.25) is 9.59 Å². The van der Waals surface area contributed by atoms with E-state index in [0.717, 1.165) is 6.42 Å². The summed E-state index contributed by atoms with van der Waals surface area (Å²) in [6, 6.07) is 0. The maximum atomic E-state index is 12.8. The summed E-state index contributed by atoms with van der Waals surface area (Å²) in [5, 5.41) is 3.91. The summed E-state index contributed by atoms with van der Waals surface area (Å²) < 4.78 is 21.6. The Bertz CT molecular complexity index is 736. The lowest BCUT2D eigenvalue weighted by molar-refractivity contribution is -0.136. The number of nitrogens with zero attached hydrogens (tertiary/aromatic N) is 3. The maximum absolute atomic E-state index is 12.8. The fraction of sp³-hybridized carbons (Fsp3) is 0.737. The van der Waals surface area contributed by atoms with Crippen LogP contribution >= 0.6 is 0 Å². The Morgan fingerprint density at radius 2 is 2.00 bits per heavy atom. The molecule has 0 bridgehead atoms. The van der Waals surface area contributed by atoms with Crippen molar-refractivity contribution in [3.05, 3.63) is 17.0 Å². The summed E-state index contributed by atoms with van der Waals surface area (Å²) in [7, 11) is 1.57. The number of methoxy groups -OCH3 is 1. The van der Waals surface area contributed by atoms with Gasteiger partial charge in [0, 0.05) is 26.6 Å². The molecule has 0 N–H and O–H groups in total. The molecule has 3 fully saturated rings. The Morgan fingerprint density at radius 3 is 2.71 bits per heavy atom. The van der Waals surface area contributed by atoms with Crippen LogP contribution in [0.1, 0.15) is 34.7 Å². The minimum Gasteiger partial charge on any atom is -0.380 e. The summed E-state index contributed by atoms with van der Waals surface area (Å²) in [5.74, 6) is 0.805. The van der Waals surface area contributed by atoms with Crippen LogP contribution in [0.4, 0.5) is 0 Å². The lowest BCUT2D eigenvalue weighted by atomic mass is 9.85. The van der Waals surface area contributed by atoms with Crippen molar-refractivity contribution in [2.24, 2.45) is 5.92 Å². The third-order valence-electron chi connectivity index (χ3n) is 5.83. The number of carbonyl (C=O) groups is 2. The number of amides is 2. The molecule has 2 amide bonds. The molecule has 9 nitrogen and oxygen atoms in total. The number of morpholine rings is 1. The first-order valence-corrected chi connectivity index (χ1v) is 9.74. The van der Waals surface area contributed by atoms with Crippen molar-refractivity contribution < 1.29 is 28.3 Å². The van der Waals surface area contributed by atoms with Gasteiger partial charge in [0.25, 0.3) is 5.91 Å². The van der Waals surface area contributed by atoms with Gasteiger partial charge in [0.15, 0.2) is 5.69 Å². The molecule has 3 aliphatic rings. The molecule has 0 saturated carbocycles. The molecule has 4 rings (SSSR count). The van der Waals surface area contributed by atoms with Gasteiger partial charge in [-0.2, -0.15) is 0 Å². The van der Waals surface area contributed by atoms with E-state index in [9.17, 15) is 9.59 Å². The highest BCUT2D eigenvalue weighted by atomic mass is 16.5. The average Bonchev–Trinajstić information content (AvgIpc) is 3.26. The fourth-order valence-corrected chi connectivity index (χ4v) is 4.30. The molecule has 28 heavy (non-hydrogen) atoms. The quantitative estimate of drug-likeness (QED) is 0.723. The van der Waals surface area contributed by atoms with Crippen LogP contribution in [-0.2, 0) is 25.6 Å². The van der Waals surface area contributed by atoms with E-state index >= 15 is 0 Å². The van der Waals surface area contributed by atoms with E-state index in [1.54, 1.807) is 18.9 Å². The topological polar surface area (TPSA) is 94.3 Å². The number of aryl methyl sites for hydroxylation is 1. The van der Waals surface area contributed by atoms with E-state index in [-0.39, 0.29) is 29.9 Å². The van der Waals surface area contributed by atoms with Crippen molar-refractivity contribution in [1.29, 1.82) is 0 Å². The van der Waals surface area contributed by atoms with Crippen LogP contribution in [0.2, 0.25) is 0 Å². The molecule has 154 valence electrons. The Kier molecular flexibility index (Phi) is 5.39. The summed E-state index contributed by atoms with van der Waals surface area (Å²) in [6.45, 7) is 6.22. The molecule has 1 unspecified atom stereocenters. The Balaban J connectivity index is 1.30. The van der Waals surface area contributed by atoms with E-state index < -0.39 is 0 Å². The molecule has 4 heterocycles. The number of ether oxygens (including phenoxy) is 3. The highest BCUT2D eigenvalue weighted by Gasteiger charge is 2.52. The number of aromatic nitrogens is 1. The van der Waals surface area contributed by atoms with E-state index in [1.165, 1.54) is 0 Å². The Morgan fingerprint density at radius 1 is 1.25 bits per heavy atom. The Labute approximate surface area is 163 Å². The highest BCUT2D eigenvalue weighted by Crippen LogP contribution is 2.40. The molecule has 9 heteroatoms. The molecule has 1 aromatic heterocycles. The van der Waals surface area contributed by atoms with Gasteiger partial charge in [-0.25, -0.2) is 0 Å². The predicted octanol–water partition coefficient (Wildman–Crippen LogP) is 0.609. The van der Waals surface area contributed by atoms with E-state index in [2.05, 4.69) is 5.16 Å². The van der Waals surface area contributed by atoms with Crippen LogP contribution < -0.4 is 0 Å². The molecular weight excluding hydrogens is 366 g/mol. The fourth-order valence-electron chi connectivity index (χ4n) is 4.30. The Hall–Kier alpha value is -1.97. The van der Waals surface area contributed by atoms with Gasteiger partial charge >= 0.3 is 0 Å². The smallest absolute Gasteiger partial charge is 0.276 e. The van der Waals surface area contributed by atoms with Crippen LogP contribution in [-0.4, -0.2) is 85.5 Å². The zero-order valence-electron chi connectivity index (χ0n) is 16.4. The molecule has 3 aliphatic heterocycles. The van der Waals surface area contributed by atoms with Crippen LogP contribution in [0.5, 0.6) is 0 Å². The molecule has 1 aromatic rings. The van der Waals surface area contributed by atoms with Crippen LogP contribution in [0.3, 0.4) is 0 Å². The third-order valence-corrected chi connectivity index (χ3v) is 5.83. The number of likely N-dealkylation sites (tertiary alicyclic amines) is 1. The van der Waals surface area contributed by atoms with Crippen LogP contribution in [0.15, 0.2) is 4.52 Å². The predicted molar refractivity (Wildman–Crippen MR) is 96.7 cm³/mol. The summed E-state index contributed by atoms with van der Waals surface area (Å²) >= 11 is 0. The molecular formula is C19H27N3O6. The van der Waals surface area contributed by atoms with Crippen molar-refractivity contribution in [3.8, 4) is 0 Å². The largest absolute Gasteiger partial charge is 0.380 e. The number of hydrogen-bond acceptors (Lipinski definition) is 7. The normalized spacial score (nSPS) is 23.9. The van der Waals surface area contributed by atoms with Gasteiger partial charge in [0.1, 0.15) is 11.4 Å². The number of rotatable bonds is 5. The maximum Gasteiger partial charge on any atom is 0.276 e. The van der Waals surface area contributed by atoms with Gasteiger partial charge < -0.3 is 28.5 Å². The molecule has 0 radical (unpaired) electrons. The van der Waals surface area contributed by atoms with Crippen LogP contribution in [0.25, 0.3) is 0 Å². The van der Waals surface area contributed by atoms with Gasteiger partial charge in [0.05, 0.1) is 45.1 Å². The van der Waals surface area contributed by atoms with Crippen molar-refractivity contribution >= 4 is 11.8 Å². The second-order valence-corrected chi connectivity index (χ2v) is 7.92. The average molecular weight is 393 g/mol. The second-order valence-electron chi connectivity index (χ2n) is 7.92. The SMILES string of the molecule is COCc1c(C(=O)N2CC3(CC(CC(=O)N4CCOCC4)CO3)C2)noc1C. The molecule has 1 atom stereocenters. The standard InChI is InChI=1S/C19H27N3O6/c1-13-15(10-25-2)17(20-28-13)18(24)22-11-19(12-22)8-14(9-27-19)7-16(23)21-3-5-26-6-4-21/h14H,3-12H2,1-2H3. The zero-order valence-corrected chi connectivity index (χ0v) is 16.4. The number of carbonyl (C=O) groups excluding carboxylic acids is 2. The van der Waals surface area contributed by atoms with Crippen molar-refractivity contribution in [3.63, 3.8) is 0 Å². The second kappa shape index (κ2) is 7.81. The number of hydrogen-bond donors (Lipinski definition) is 0. The van der Waals surface area contributed by atoms with Gasteiger partial charge in [0.2, 0.25) is 5.91 Å².